The Bertz CT molecular complexity index is 981. The van der Waals surface area contributed by atoms with Gasteiger partial charge in [-0.15, -0.1) is 0 Å². The molecular weight excluding hydrogens is 405 g/mol. The molecule has 0 aliphatic rings. The van der Waals surface area contributed by atoms with Crippen molar-refractivity contribution in [3.8, 4) is 16.9 Å². The fourth-order valence-corrected chi connectivity index (χ4v) is 3.08. The Labute approximate surface area is 168 Å². The Balaban J connectivity index is 1.64. The summed E-state index contributed by atoms with van der Waals surface area (Å²) in [5.41, 5.74) is -1.55. The van der Waals surface area contributed by atoms with E-state index in [1.807, 2.05) is 24.3 Å². The summed E-state index contributed by atoms with van der Waals surface area (Å²) in [7, 11) is 1.42. The second-order valence-corrected chi connectivity index (χ2v) is 7.06. The lowest BCUT2D eigenvalue weighted by atomic mass is 10.1. The van der Waals surface area contributed by atoms with Crippen LogP contribution in [0.25, 0.3) is 11.1 Å². The molecule has 0 radical (unpaired) electrons. The SMILES string of the molecule is O=C(COc1cccc(-c2cccnc2)c1)Nc1ccc(Cl)c(C(F)(F)P)c1. The lowest BCUT2D eigenvalue weighted by molar-refractivity contribution is -0.118. The molecule has 0 saturated heterocycles. The number of carbonyl (C=O) groups excluding carboxylic acids is 1. The number of aromatic nitrogens is 1. The third-order valence-electron chi connectivity index (χ3n) is 3.81. The van der Waals surface area contributed by atoms with E-state index in [1.165, 1.54) is 21.4 Å². The van der Waals surface area contributed by atoms with E-state index in [-0.39, 0.29) is 22.9 Å². The standard InChI is InChI=1S/C20H16ClF2N2O2P/c21-18-7-6-15(10-17(18)20(22,23)28)25-19(26)12-27-16-5-1-3-13(9-16)14-4-2-8-24-11-14/h1-11H,12,28H2,(H,25,26). The maximum Gasteiger partial charge on any atom is 0.285 e. The molecule has 0 spiro atoms. The summed E-state index contributed by atoms with van der Waals surface area (Å²) >= 11 is 5.79. The monoisotopic (exact) mass is 420 g/mol. The first-order valence-corrected chi connectivity index (χ1v) is 9.18. The summed E-state index contributed by atoms with van der Waals surface area (Å²) < 4.78 is 32.5. The van der Waals surface area contributed by atoms with E-state index in [0.717, 1.165) is 17.2 Å². The second-order valence-electron chi connectivity index (χ2n) is 5.92. The van der Waals surface area contributed by atoms with Gasteiger partial charge in [0.1, 0.15) is 5.75 Å². The third kappa shape index (κ3) is 5.24. The number of nitrogens with one attached hydrogen (secondary N) is 1. The van der Waals surface area contributed by atoms with Crippen molar-refractivity contribution in [1.82, 2.24) is 4.98 Å². The molecule has 144 valence electrons. The number of nitrogens with zero attached hydrogens (tertiary/aromatic N) is 1. The van der Waals surface area contributed by atoms with Gasteiger partial charge in [-0.25, -0.2) is 0 Å². The van der Waals surface area contributed by atoms with E-state index in [1.54, 1.807) is 24.5 Å². The number of amides is 1. The van der Waals surface area contributed by atoms with Crippen molar-refractivity contribution in [1.29, 1.82) is 0 Å². The molecule has 3 rings (SSSR count). The van der Waals surface area contributed by atoms with Crippen LogP contribution in [0.1, 0.15) is 5.56 Å². The first kappa shape index (κ1) is 20.2. The molecular formula is C20H16ClF2N2O2P. The number of hydrogen-bond acceptors (Lipinski definition) is 3. The molecule has 1 heterocycles. The minimum atomic E-state index is -3.19. The highest BCUT2D eigenvalue weighted by molar-refractivity contribution is 7.17. The van der Waals surface area contributed by atoms with E-state index < -0.39 is 11.6 Å². The largest absolute Gasteiger partial charge is 0.484 e. The number of pyridine rings is 1. The Kier molecular flexibility index (Phi) is 6.22. The minimum absolute atomic E-state index is 0.0820. The zero-order chi connectivity index (χ0) is 20.1. The van der Waals surface area contributed by atoms with E-state index in [0.29, 0.717) is 5.75 Å². The van der Waals surface area contributed by atoms with E-state index in [2.05, 4.69) is 10.3 Å². The van der Waals surface area contributed by atoms with Crippen LogP contribution < -0.4 is 10.1 Å². The Morgan fingerprint density at radius 1 is 1.14 bits per heavy atom. The predicted octanol–water partition coefficient (Wildman–Crippen LogP) is 5.34. The lowest BCUT2D eigenvalue weighted by Gasteiger charge is -2.14. The van der Waals surface area contributed by atoms with Crippen LogP contribution in [0.3, 0.4) is 0 Å². The van der Waals surface area contributed by atoms with Crippen LogP contribution in [0.4, 0.5) is 14.5 Å². The van der Waals surface area contributed by atoms with Crippen LogP contribution in [0.5, 0.6) is 5.75 Å². The van der Waals surface area contributed by atoms with Gasteiger partial charge in [-0.2, -0.15) is 8.78 Å². The number of benzene rings is 2. The van der Waals surface area contributed by atoms with Crippen LogP contribution in [-0.2, 0) is 10.5 Å². The van der Waals surface area contributed by atoms with Crippen molar-refractivity contribution in [2.75, 3.05) is 11.9 Å². The summed E-state index contributed by atoms with van der Waals surface area (Å²) in [6.45, 7) is -0.272. The Hall–Kier alpha value is -2.56. The van der Waals surface area contributed by atoms with E-state index in [4.69, 9.17) is 16.3 Å². The summed E-state index contributed by atoms with van der Waals surface area (Å²) in [6, 6.07) is 14.9. The van der Waals surface area contributed by atoms with Crippen molar-refractivity contribution in [2.24, 2.45) is 0 Å². The van der Waals surface area contributed by atoms with Gasteiger partial charge in [-0.1, -0.05) is 39.0 Å². The molecule has 1 aromatic heterocycles. The molecule has 0 aliphatic carbocycles. The van der Waals surface area contributed by atoms with Crippen LogP contribution in [0.2, 0.25) is 5.02 Å². The number of alkyl halides is 2. The predicted molar refractivity (Wildman–Crippen MR) is 109 cm³/mol. The highest BCUT2D eigenvalue weighted by Gasteiger charge is 2.27. The lowest BCUT2D eigenvalue weighted by Crippen LogP contribution is -2.20. The summed E-state index contributed by atoms with van der Waals surface area (Å²) in [5.74, 6) is 0.0249. The van der Waals surface area contributed by atoms with Gasteiger partial charge in [0.15, 0.2) is 6.61 Å². The molecule has 3 aromatic rings. The average Bonchev–Trinajstić information content (AvgIpc) is 2.68. The molecule has 0 fully saturated rings. The smallest absolute Gasteiger partial charge is 0.285 e. The first-order valence-electron chi connectivity index (χ1n) is 8.23. The fraction of sp³-hybridized carbons (Fsp3) is 0.100. The van der Waals surface area contributed by atoms with Gasteiger partial charge in [0.25, 0.3) is 11.6 Å². The maximum atomic E-state index is 13.5. The zero-order valence-electron chi connectivity index (χ0n) is 14.5. The number of ether oxygens (including phenoxy) is 1. The molecule has 0 aliphatic heterocycles. The first-order chi connectivity index (χ1) is 13.3. The molecule has 0 saturated carbocycles. The maximum absolute atomic E-state index is 13.5. The molecule has 1 unspecified atom stereocenters. The molecule has 1 atom stereocenters. The van der Waals surface area contributed by atoms with Gasteiger partial charge in [-0.3, -0.25) is 9.78 Å². The number of halogens is 3. The van der Waals surface area contributed by atoms with Crippen LogP contribution >= 0.6 is 20.8 Å². The summed E-state index contributed by atoms with van der Waals surface area (Å²) in [6.07, 6.45) is 3.41. The highest BCUT2D eigenvalue weighted by atomic mass is 35.5. The number of anilines is 1. The summed E-state index contributed by atoms with van der Waals surface area (Å²) in [5, 5.41) is 2.44. The van der Waals surface area contributed by atoms with Crippen molar-refractivity contribution in [2.45, 2.75) is 5.66 Å². The topological polar surface area (TPSA) is 51.2 Å². The quantitative estimate of drug-likeness (QED) is 0.547. The van der Waals surface area contributed by atoms with Crippen LogP contribution in [-0.4, -0.2) is 17.5 Å². The molecule has 0 bridgehead atoms. The van der Waals surface area contributed by atoms with Gasteiger partial charge >= 0.3 is 0 Å². The molecule has 1 N–H and O–H groups in total. The number of hydrogen-bond donors (Lipinski definition) is 1. The molecule has 4 nitrogen and oxygen atoms in total. The van der Waals surface area contributed by atoms with Crippen molar-refractivity contribution < 1.29 is 18.3 Å². The van der Waals surface area contributed by atoms with E-state index in [9.17, 15) is 13.6 Å². The highest BCUT2D eigenvalue weighted by Crippen LogP contribution is 2.40. The van der Waals surface area contributed by atoms with E-state index >= 15 is 0 Å². The van der Waals surface area contributed by atoms with Gasteiger partial charge < -0.3 is 10.1 Å². The van der Waals surface area contributed by atoms with Gasteiger partial charge in [-0.05, 0) is 42.0 Å². The van der Waals surface area contributed by atoms with Gasteiger partial charge in [0.05, 0.1) is 5.02 Å². The zero-order valence-corrected chi connectivity index (χ0v) is 16.4. The molecule has 1 amide bonds. The fourth-order valence-electron chi connectivity index (χ4n) is 2.50. The molecule has 28 heavy (non-hydrogen) atoms. The van der Waals surface area contributed by atoms with Crippen LogP contribution in [0, 0.1) is 0 Å². The Morgan fingerprint density at radius 3 is 2.64 bits per heavy atom. The van der Waals surface area contributed by atoms with Crippen molar-refractivity contribution in [3.63, 3.8) is 0 Å². The Morgan fingerprint density at radius 2 is 1.93 bits per heavy atom. The van der Waals surface area contributed by atoms with Crippen molar-refractivity contribution in [3.05, 3.63) is 77.6 Å². The third-order valence-corrected chi connectivity index (χ3v) is 4.45. The number of rotatable bonds is 6. The minimum Gasteiger partial charge on any atom is -0.484 e. The average molecular weight is 421 g/mol. The molecule has 2 aromatic carbocycles. The normalized spacial score (nSPS) is 11.1. The van der Waals surface area contributed by atoms with Gasteiger partial charge in [0.2, 0.25) is 0 Å². The number of carbonyl (C=O) groups is 1. The van der Waals surface area contributed by atoms with Crippen molar-refractivity contribution >= 4 is 32.4 Å². The second kappa shape index (κ2) is 8.63. The molecule has 8 heteroatoms. The summed E-state index contributed by atoms with van der Waals surface area (Å²) in [4.78, 5) is 16.2. The van der Waals surface area contributed by atoms with Gasteiger partial charge in [0, 0.05) is 29.2 Å². The van der Waals surface area contributed by atoms with Crippen LogP contribution in [0.15, 0.2) is 67.0 Å².